The number of benzene rings is 2. The maximum atomic E-state index is 5.77. The van der Waals surface area contributed by atoms with E-state index >= 15 is 0 Å². The number of fused-ring (bicyclic) bond motifs is 1. The van der Waals surface area contributed by atoms with E-state index in [4.69, 9.17) is 23.9 Å². The van der Waals surface area contributed by atoms with Gasteiger partial charge in [-0.2, -0.15) is 0 Å². The Labute approximate surface area is 195 Å². The predicted molar refractivity (Wildman–Crippen MR) is 130 cm³/mol. The number of halogens is 1. The van der Waals surface area contributed by atoms with Gasteiger partial charge in [0.2, 0.25) is 0 Å². The molecule has 0 unspecified atom stereocenters. The molecule has 7 nitrogen and oxygen atoms in total. The van der Waals surface area contributed by atoms with Crippen LogP contribution in [0.3, 0.4) is 0 Å². The highest BCUT2D eigenvalue weighted by molar-refractivity contribution is 14.0. The van der Waals surface area contributed by atoms with Crippen LogP contribution in [0.2, 0.25) is 0 Å². The Morgan fingerprint density at radius 1 is 1.03 bits per heavy atom. The highest BCUT2D eigenvalue weighted by atomic mass is 127. The third kappa shape index (κ3) is 6.58. The van der Waals surface area contributed by atoms with Crippen molar-refractivity contribution in [3.05, 3.63) is 42.0 Å². The smallest absolute Gasteiger partial charge is 0.196 e. The standard InChI is InChI=1S/C22H29N3O4.HI/c1-4-23-22(24-15-16-7-9-18(26-3)20(13-16)27-5-2)25-17-8-10-19-21(14-17)29-12-6-11-28-19;/h7-10,13-14H,4-6,11-12,15H2,1-3H3,(H2,23,24,25);1H. The number of ether oxygens (including phenoxy) is 4. The summed E-state index contributed by atoms with van der Waals surface area (Å²) >= 11 is 0. The van der Waals surface area contributed by atoms with E-state index in [1.165, 1.54) is 0 Å². The van der Waals surface area contributed by atoms with Gasteiger partial charge in [-0.25, -0.2) is 4.99 Å². The highest BCUT2D eigenvalue weighted by Crippen LogP contribution is 2.32. The van der Waals surface area contributed by atoms with Crippen molar-refractivity contribution in [2.24, 2.45) is 4.99 Å². The molecule has 30 heavy (non-hydrogen) atoms. The first kappa shape index (κ1) is 23.9. The van der Waals surface area contributed by atoms with Crippen LogP contribution in [0, 0.1) is 0 Å². The van der Waals surface area contributed by atoms with Gasteiger partial charge in [-0.15, -0.1) is 24.0 Å². The molecule has 2 aromatic rings. The second-order valence-corrected chi connectivity index (χ2v) is 6.45. The molecule has 0 radical (unpaired) electrons. The van der Waals surface area contributed by atoms with Crippen molar-refractivity contribution in [3.8, 4) is 23.0 Å². The van der Waals surface area contributed by atoms with Gasteiger partial charge in [0.05, 0.1) is 33.5 Å². The minimum atomic E-state index is 0. The maximum Gasteiger partial charge on any atom is 0.196 e. The first-order chi connectivity index (χ1) is 14.2. The Bertz CT molecular complexity index is 845. The molecule has 0 bridgehead atoms. The molecule has 0 atom stereocenters. The molecule has 0 amide bonds. The minimum Gasteiger partial charge on any atom is -0.493 e. The van der Waals surface area contributed by atoms with Crippen molar-refractivity contribution in [2.45, 2.75) is 26.8 Å². The zero-order valence-electron chi connectivity index (χ0n) is 17.7. The second-order valence-electron chi connectivity index (χ2n) is 6.45. The molecule has 8 heteroatoms. The molecule has 0 spiro atoms. The van der Waals surface area contributed by atoms with E-state index in [1.54, 1.807) is 7.11 Å². The molecule has 0 saturated heterocycles. The number of nitrogens with zero attached hydrogens (tertiary/aromatic N) is 1. The number of anilines is 1. The lowest BCUT2D eigenvalue weighted by Gasteiger charge is -2.14. The molecule has 1 heterocycles. The van der Waals surface area contributed by atoms with Crippen LogP contribution in [-0.4, -0.2) is 39.4 Å². The minimum absolute atomic E-state index is 0. The van der Waals surface area contributed by atoms with Crippen LogP contribution in [-0.2, 0) is 6.54 Å². The first-order valence-corrected chi connectivity index (χ1v) is 9.98. The number of guanidine groups is 1. The Hall–Kier alpha value is -2.36. The second kappa shape index (κ2) is 12.4. The molecule has 1 aliphatic rings. The zero-order chi connectivity index (χ0) is 20.5. The maximum absolute atomic E-state index is 5.77. The Morgan fingerprint density at radius 2 is 1.83 bits per heavy atom. The molecule has 0 fully saturated rings. The molecular formula is C22H30IN3O4. The summed E-state index contributed by atoms with van der Waals surface area (Å²) in [4.78, 5) is 4.69. The molecule has 164 valence electrons. The fourth-order valence-electron chi connectivity index (χ4n) is 2.94. The van der Waals surface area contributed by atoms with Gasteiger partial charge in [-0.1, -0.05) is 6.07 Å². The average molecular weight is 527 g/mol. The third-order valence-corrected chi connectivity index (χ3v) is 4.30. The van der Waals surface area contributed by atoms with Crippen molar-refractivity contribution in [1.82, 2.24) is 5.32 Å². The topological polar surface area (TPSA) is 73.3 Å². The van der Waals surface area contributed by atoms with Crippen LogP contribution in [0.5, 0.6) is 23.0 Å². The molecule has 1 aliphatic heterocycles. The Kier molecular flexibility index (Phi) is 9.85. The van der Waals surface area contributed by atoms with Crippen LogP contribution in [0.15, 0.2) is 41.4 Å². The molecule has 0 saturated carbocycles. The lowest BCUT2D eigenvalue weighted by molar-refractivity contribution is 0.297. The number of rotatable bonds is 7. The van der Waals surface area contributed by atoms with Crippen LogP contribution >= 0.6 is 24.0 Å². The van der Waals surface area contributed by atoms with Gasteiger partial charge in [-0.05, 0) is 43.7 Å². The van der Waals surface area contributed by atoms with Gasteiger partial charge in [0.1, 0.15) is 0 Å². The Morgan fingerprint density at radius 3 is 2.57 bits per heavy atom. The van der Waals surface area contributed by atoms with E-state index in [-0.39, 0.29) is 24.0 Å². The van der Waals surface area contributed by atoms with Crippen molar-refractivity contribution in [2.75, 3.05) is 38.8 Å². The van der Waals surface area contributed by atoms with Crippen LogP contribution in [0.4, 0.5) is 5.69 Å². The van der Waals surface area contributed by atoms with E-state index in [0.717, 1.165) is 47.2 Å². The molecule has 0 aromatic heterocycles. The summed E-state index contributed by atoms with van der Waals surface area (Å²) in [6, 6.07) is 11.7. The summed E-state index contributed by atoms with van der Waals surface area (Å²) in [5.74, 6) is 3.66. The summed E-state index contributed by atoms with van der Waals surface area (Å²) in [6.45, 7) is 7.16. The number of hydrogen-bond acceptors (Lipinski definition) is 5. The normalized spacial score (nSPS) is 13.0. The van der Waals surface area contributed by atoms with Crippen molar-refractivity contribution >= 4 is 35.6 Å². The molecule has 2 N–H and O–H groups in total. The van der Waals surface area contributed by atoms with Gasteiger partial charge in [-0.3, -0.25) is 0 Å². The molecular weight excluding hydrogens is 497 g/mol. The van der Waals surface area contributed by atoms with Crippen molar-refractivity contribution in [3.63, 3.8) is 0 Å². The van der Waals surface area contributed by atoms with Gasteiger partial charge in [0.15, 0.2) is 29.0 Å². The van der Waals surface area contributed by atoms with E-state index in [9.17, 15) is 0 Å². The highest BCUT2D eigenvalue weighted by Gasteiger charge is 2.11. The average Bonchev–Trinajstić information content (AvgIpc) is 2.97. The third-order valence-electron chi connectivity index (χ3n) is 4.30. The molecule has 3 rings (SSSR count). The van der Waals surface area contributed by atoms with Crippen LogP contribution in [0.25, 0.3) is 0 Å². The summed E-state index contributed by atoms with van der Waals surface area (Å²) in [7, 11) is 1.64. The quantitative estimate of drug-likeness (QED) is 0.315. The summed E-state index contributed by atoms with van der Waals surface area (Å²) in [6.07, 6.45) is 0.882. The largest absolute Gasteiger partial charge is 0.493 e. The fraction of sp³-hybridized carbons (Fsp3) is 0.409. The number of aliphatic imine (C=N–C) groups is 1. The van der Waals surface area contributed by atoms with Crippen molar-refractivity contribution in [1.29, 1.82) is 0 Å². The van der Waals surface area contributed by atoms with Gasteiger partial charge < -0.3 is 29.6 Å². The molecule has 2 aromatic carbocycles. The SMILES string of the molecule is CCNC(=NCc1ccc(OC)c(OCC)c1)Nc1ccc2c(c1)OCCCO2.I. The number of hydrogen-bond donors (Lipinski definition) is 2. The van der Waals surface area contributed by atoms with E-state index in [0.29, 0.717) is 32.3 Å². The predicted octanol–water partition coefficient (Wildman–Crippen LogP) is 4.45. The monoisotopic (exact) mass is 527 g/mol. The van der Waals surface area contributed by atoms with Crippen molar-refractivity contribution < 1.29 is 18.9 Å². The van der Waals surface area contributed by atoms with Crippen LogP contribution in [0.1, 0.15) is 25.8 Å². The number of nitrogens with one attached hydrogen (secondary N) is 2. The van der Waals surface area contributed by atoms with E-state index in [1.807, 2.05) is 50.2 Å². The summed E-state index contributed by atoms with van der Waals surface area (Å²) < 4.78 is 22.5. The van der Waals surface area contributed by atoms with Gasteiger partial charge >= 0.3 is 0 Å². The summed E-state index contributed by atoms with van der Waals surface area (Å²) in [5, 5.41) is 6.60. The van der Waals surface area contributed by atoms with Gasteiger partial charge in [0, 0.05) is 24.7 Å². The summed E-state index contributed by atoms with van der Waals surface area (Å²) in [5.41, 5.74) is 1.92. The van der Waals surface area contributed by atoms with Gasteiger partial charge in [0.25, 0.3) is 0 Å². The van der Waals surface area contributed by atoms with Crippen LogP contribution < -0.4 is 29.6 Å². The van der Waals surface area contributed by atoms with E-state index in [2.05, 4.69) is 10.6 Å². The lowest BCUT2D eigenvalue weighted by Crippen LogP contribution is -2.30. The fourth-order valence-corrected chi connectivity index (χ4v) is 2.94. The first-order valence-electron chi connectivity index (χ1n) is 9.98. The zero-order valence-corrected chi connectivity index (χ0v) is 20.0. The lowest BCUT2D eigenvalue weighted by atomic mass is 10.2. The van der Waals surface area contributed by atoms with E-state index < -0.39 is 0 Å². The number of methoxy groups -OCH3 is 1. The Balaban J connectivity index is 0.00000320. The molecule has 0 aliphatic carbocycles.